The second-order valence-electron chi connectivity index (χ2n) is 3.20. The smallest absolute Gasteiger partial charge is 0.337 e. The third-order valence-corrected chi connectivity index (χ3v) is 3.08. The number of H-pyrrole nitrogens is 1. The van der Waals surface area contributed by atoms with Crippen LogP contribution in [0.5, 0.6) is 0 Å². The maximum absolute atomic E-state index is 10.9. The molecule has 1 aromatic heterocycles. The van der Waals surface area contributed by atoms with Gasteiger partial charge in [-0.05, 0) is 6.07 Å². The molecule has 0 fully saturated rings. The Kier molecular flexibility index (Phi) is 2.71. The lowest BCUT2D eigenvalue weighted by Crippen LogP contribution is -2.15. The molecular formula is C9H8N2O4S. The number of rotatable bonds is 3. The van der Waals surface area contributed by atoms with Crippen LogP contribution in [0.4, 0.5) is 0 Å². The molecule has 0 aliphatic heterocycles. The number of benzene rings is 1. The number of nitrogens with zero attached hydrogens (tertiary/aromatic N) is 1. The van der Waals surface area contributed by atoms with Crippen LogP contribution in [0.2, 0.25) is 0 Å². The Hall–Kier alpha value is -1.73. The van der Waals surface area contributed by atoms with Gasteiger partial charge in [-0.2, -0.15) is 0 Å². The van der Waals surface area contributed by atoms with E-state index in [1.807, 2.05) is 0 Å². The van der Waals surface area contributed by atoms with Crippen LogP contribution in [0.15, 0.2) is 30.5 Å². The van der Waals surface area contributed by atoms with E-state index in [-0.39, 0.29) is 5.56 Å². The van der Waals surface area contributed by atoms with Crippen molar-refractivity contribution in [2.45, 2.75) is 5.37 Å². The zero-order valence-corrected chi connectivity index (χ0v) is 8.81. The number of hydrogen-bond acceptors (Lipinski definition) is 3. The molecular weight excluding hydrogens is 232 g/mol. The number of para-hydroxylation sites is 1. The summed E-state index contributed by atoms with van der Waals surface area (Å²) < 4.78 is 19.9. The number of fused-ring (bicyclic) bond motifs is 1. The normalized spacial score (nSPS) is 14.8. The molecule has 2 unspecified atom stereocenters. The number of aromatic amines is 1. The van der Waals surface area contributed by atoms with Crippen LogP contribution in [-0.2, 0) is 11.1 Å². The summed E-state index contributed by atoms with van der Waals surface area (Å²) in [4.78, 5) is 12.8. The number of nitro groups is 1. The number of aromatic nitrogens is 1. The number of hydrogen-bond donors (Lipinski definition) is 2. The lowest BCUT2D eigenvalue weighted by molar-refractivity contribution is -0.502. The first kappa shape index (κ1) is 10.8. The zero-order valence-electron chi connectivity index (χ0n) is 7.99. The van der Waals surface area contributed by atoms with Gasteiger partial charge in [0.1, 0.15) is 0 Å². The molecule has 2 aromatic rings. The van der Waals surface area contributed by atoms with E-state index in [1.165, 1.54) is 6.20 Å². The maximum Gasteiger partial charge on any atom is 0.337 e. The van der Waals surface area contributed by atoms with Crippen molar-refractivity contribution in [3.05, 3.63) is 46.1 Å². The van der Waals surface area contributed by atoms with Crippen molar-refractivity contribution in [3.63, 3.8) is 0 Å². The molecule has 2 rings (SSSR count). The Bertz CT molecular complexity index is 551. The third kappa shape index (κ3) is 1.70. The van der Waals surface area contributed by atoms with Crippen molar-refractivity contribution in [2.75, 3.05) is 0 Å². The highest BCUT2D eigenvalue weighted by Gasteiger charge is 2.31. The molecule has 2 N–H and O–H groups in total. The maximum atomic E-state index is 10.9. The Labute approximate surface area is 92.7 Å². The van der Waals surface area contributed by atoms with Crippen LogP contribution in [0.25, 0.3) is 10.9 Å². The molecule has 2 atom stereocenters. The van der Waals surface area contributed by atoms with Crippen molar-refractivity contribution in [1.29, 1.82) is 0 Å². The summed E-state index contributed by atoms with van der Waals surface area (Å²) in [5, 5.41) is 9.70. The minimum absolute atomic E-state index is 0.224. The van der Waals surface area contributed by atoms with Gasteiger partial charge in [-0.15, -0.1) is 0 Å². The minimum atomic E-state index is -2.54. The summed E-state index contributed by atoms with van der Waals surface area (Å²) in [7, 11) is 0. The van der Waals surface area contributed by atoms with Crippen molar-refractivity contribution in [2.24, 2.45) is 0 Å². The average molecular weight is 240 g/mol. The van der Waals surface area contributed by atoms with Crippen LogP contribution in [-0.4, -0.2) is 18.7 Å². The Morgan fingerprint density at radius 3 is 2.75 bits per heavy atom. The molecule has 1 heterocycles. The highest BCUT2D eigenvalue weighted by atomic mass is 32.2. The van der Waals surface area contributed by atoms with Crippen molar-refractivity contribution in [1.82, 2.24) is 4.98 Å². The van der Waals surface area contributed by atoms with E-state index in [0.717, 1.165) is 0 Å². The molecule has 0 spiro atoms. The molecule has 0 saturated heterocycles. The van der Waals surface area contributed by atoms with Gasteiger partial charge in [0.15, 0.2) is 0 Å². The van der Waals surface area contributed by atoms with Crippen molar-refractivity contribution >= 4 is 22.0 Å². The van der Waals surface area contributed by atoms with Gasteiger partial charge in [0.2, 0.25) is 11.1 Å². The van der Waals surface area contributed by atoms with Crippen LogP contribution >= 0.6 is 0 Å². The quantitative estimate of drug-likeness (QED) is 0.484. The fraction of sp³-hybridized carbons (Fsp3) is 0.111. The third-order valence-electron chi connectivity index (χ3n) is 2.27. The van der Waals surface area contributed by atoms with Gasteiger partial charge in [-0.25, -0.2) is 4.21 Å². The lowest BCUT2D eigenvalue weighted by Gasteiger charge is -2.03. The van der Waals surface area contributed by atoms with Crippen LogP contribution in [0.3, 0.4) is 0 Å². The summed E-state index contributed by atoms with van der Waals surface area (Å²) in [6.07, 6.45) is 1.40. The van der Waals surface area contributed by atoms with Crippen LogP contribution in [0, 0.1) is 10.1 Å². The molecule has 0 amide bonds. The van der Waals surface area contributed by atoms with E-state index in [4.69, 9.17) is 4.55 Å². The van der Waals surface area contributed by atoms with E-state index in [0.29, 0.717) is 10.9 Å². The highest BCUT2D eigenvalue weighted by Crippen LogP contribution is 2.27. The van der Waals surface area contributed by atoms with Crippen molar-refractivity contribution in [3.8, 4) is 0 Å². The molecule has 0 aliphatic carbocycles. The van der Waals surface area contributed by atoms with Gasteiger partial charge in [0.25, 0.3) is 0 Å². The fourth-order valence-corrected chi connectivity index (χ4v) is 2.15. The lowest BCUT2D eigenvalue weighted by atomic mass is 10.2. The molecule has 1 aromatic carbocycles. The molecule has 0 radical (unpaired) electrons. The predicted octanol–water partition coefficient (Wildman–Crippen LogP) is 1.66. The molecule has 0 bridgehead atoms. The van der Waals surface area contributed by atoms with Crippen LogP contribution < -0.4 is 0 Å². The molecule has 84 valence electrons. The predicted molar refractivity (Wildman–Crippen MR) is 58.8 cm³/mol. The SMILES string of the molecule is O=[N+]([O-])C(c1c[nH]c2ccccc12)S(=O)O. The second kappa shape index (κ2) is 4.03. The standard InChI is InChI=1S/C9H8N2O4S/c12-11(13)9(16(14)15)7-5-10-8-4-2-1-3-6(7)8/h1-5,9-10H,(H,14,15). The summed E-state index contributed by atoms with van der Waals surface area (Å²) in [6.45, 7) is 0. The van der Waals surface area contributed by atoms with E-state index >= 15 is 0 Å². The van der Waals surface area contributed by atoms with Crippen LogP contribution in [0.1, 0.15) is 10.9 Å². The van der Waals surface area contributed by atoms with Crippen molar-refractivity contribution < 1.29 is 13.7 Å². The summed E-state index contributed by atoms with van der Waals surface area (Å²) in [5.41, 5.74) is 0.927. The fourth-order valence-electron chi connectivity index (χ4n) is 1.59. The second-order valence-corrected chi connectivity index (χ2v) is 4.20. The Balaban J connectivity index is 2.61. The summed E-state index contributed by atoms with van der Waals surface area (Å²) >= 11 is -2.54. The van der Waals surface area contributed by atoms with Gasteiger partial charge >= 0.3 is 5.37 Å². The topological polar surface area (TPSA) is 96.2 Å². The number of nitrogens with one attached hydrogen (secondary N) is 1. The van der Waals surface area contributed by atoms with E-state index in [2.05, 4.69) is 4.98 Å². The Morgan fingerprint density at radius 1 is 1.44 bits per heavy atom. The monoisotopic (exact) mass is 240 g/mol. The first-order valence-corrected chi connectivity index (χ1v) is 5.57. The average Bonchev–Trinajstić information content (AvgIpc) is 2.61. The Morgan fingerprint density at radius 2 is 2.12 bits per heavy atom. The van der Waals surface area contributed by atoms with E-state index in [1.54, 1.807) is 24.3 Å². The van der Waals surface area contributed by atoms with Gasteiger partial charge in [0.05, 0.1) is 5.56 Å². The molecule has 7 heteroatoms. The molecule has 0 aliphatic rings. The zero-order chi connectivity index (χ0) is 11.7. The van der Waals surface area contributed by atoms with Gasteiger partial charge in [-0.3, -0.25) is 10.1 Å². The van der Waals surface area contributed by atoms with Gasteiger partial charge < -0.3 is 9.54 Å². The van der Waals surface area contributed by atoms with Gasteiger partial charge in [0, 0.05) is 22.0 Å². The summed E-state index contributed by atoms with van der Waals surface area (Å²) in [6, 6.07) is 6.91. The van der Waals surface area contributed by atoms with E-state index in [9.17, 15) is 14.3 Å². The molecule has 0 saturated carbocycles. The molecule has 16 heavy (non-hydrogen) atoms. The first-order chi connectivity index (χ1) is 7.61. The molecule has 6 nitrogen and oxygen atoms in total. The first-order valence-electron chi connectivity index (χ1n) is 4.40. The van der Waals surface area contributed by atoms with E-state index < -0.39 is 21.4 Å². The highest BCUT2D eigenvalue weighted by molar-refractivity contribution is 7.79. The van der Waals surface area contributed by atoms with Gasteiger partial charge in [-0.1, -0.05) is 18.2 Å². The minimum Gasteiger partial charge on any atom is -0.361 e. The summed E-state index contributed by atoms with van der Waals surface area (Å²) in [5.74, 6) is 0. The largest absolute Gasteiger partial charge is 0.361 e.